The number of halogens is 1. The van der Waals surface area contributed by atoms with Gasteiger partial charge in [-0.1, -0.05) is 29.8 Å². The second kappa shape index (κ2) is 6.46. The molecule has 0 fully saturated rings. The SMILES string of the molecule is Cc1nn(Cc2ccccc2Cl)c(C)c1/C=C(\C#N)C(=O)[O-]. The smallest absolute Gasteiger partial charge is 0.101 e. The number of nitrogens with zero attached hydrogens (tertiary/aromatic N) is 3. The van der Waals surface area contributed by atoms with E-state index in [1.165, 1.54) is 6.08 Å². The van der Waals surface area contributed by atoms with Crippen molar-refractivity contribution in [3.8, 4) is 6.07 Å². The number of carboxylic acid groups (broad SMARTS) is 1. The molecule has 0 aliphatic heterocycles. The molecule has 0 amide bonds. The van der Waals surface area contributed by atoms with Gasteiger partial charge in [0.1, 0.15) is 6.07 Å². The number of hydrogen-bond donors (Lipinski definition) is 0. The minimum Gasteiger partial charge on any atom is -0.544 e. The molecule has 22 heavy (non-hydrogen) atoms. The molecular weight excluding hydrogens is 302 g/mol. The fourth-order valence-corrected chi connectivity index (χ4v) is 2.34. The first-order valence-corrected chi connectivity index (χ1v) is 6.92. The highest BCUT2D eigenvalue weighted by atomic mass is 35.5. The summed E-state index contributed by atoms with van der Waals surface area (Å²) in [6.45, 7) is 4.03. The Labute approximate surface area is 133 Å². The summed E-state index contributed by atoms with van der Waals surface area (Å²) in [5.41, 5.74) is 2.48. The Bertz CT molecular complexity index is 800. The zero-order chi connectivity index (χ0) is 16.3. The monoisotopic (exact) mass is 314 g/mol. The van der Waals surface area contributed by atoms with E-state index in [-0.39, 0.29) is 0 Å². The van der Waals surface area contributed by atoms with Gasteiger partial charge in [0, 0.05) is 16.3 Å². The maximum atomic E-state index is 10.9. The number of aryl methyl sites for hydroxylation is 1. The second-order valence-electron chi connectivity index (χ2n) is 4.79. The lowest BCUT2D eigenvalue weighted by Crippen LogP contribution is -2.23. The number of aliphatic carboxylic acids is 1. The molecule has 0 aliphatic rings. The summed E-state index contributed by atoms with van der Waals surface area (Å²) in [6, 6.07) is 9.05. The van der Waals surface area contributed by atoms with Gasteiger partial charge >= 0.3 is 0 Å². The summed E-state index contributed by atoms with van der Waals surface area (Å²) in [4.78, 5) is 10.9. The molecule has 1 heterocycles. The van der Waals surface area contributed by atoms with Crippen LogP contribution in [-0.4, -0.2) is 15.7 Å². The van der Waals surface area contributed by atoms with E-state index in [0.717, 1.165) is 11.3 Å². The van der Waals surface area contributed by atoms with Crippen molar-refractivity contribution >= 4 is 23.6 Å². The van der Waals surface area contributed by atoms with Gasteiger partial charge in [-0.3, -0.25) is 4.68 Å². The van der Waals surface area contributed by atoms with Crippen LogP contribution in [0.5, 0.6) is 0 Å². The molecule has 0 spiro atoms. The van der Waals surface area contributed by atoms with E-state index >= 15 is 0 Å². The van der Waals surface area contributed by atoms with Crippen LogP contribution in [0.25, 0.3) is 6.08 Å². The third-order valence-corrected chi connectivity index (χ3v) is 3.71. The van der Waals surface area contributed by atoms with Crippen molar-refractivity contribution in [2.75, 3.05) is 0 Å². The molecule has 1 aromatic heterocycles. The molecule has 112 valence electrons. The molecule has 0 aliphatic carbocycles. The molecule has 0 N–H and O–H groups in total. The summed E-state index contributed by atoms with van der Waals surface area (Å²) >= 11 is 6.14. The highest BCUT2D eigenvalue weighted by Gasteiger charge is 2.12. The average molecular weight is 315 g/mol. The average Bonchev–Trinajstić information content (AvgIpc) is 2.73. The maximum absolute atomic E-state index is 10.9. The Hall–Kier alpha value is -2.58. The van der Waals surface area contributed by atoms with Crippen LogP contribution in [0.3, 0.4) is 0 Å². The van der Waals surface area contributed by atoms with Crippen LogP contribution in [-0.2, 0) is 11.3 Å². The summed E-state index contributed by atoms with van der Waals surface area (Å²) in [7, 11) is 0. The normalized spacial score (nSPS) is 11.3. The fraction of sp³-hybridized carbons (Fsp3) is 0.188. The van der Waals surface area contributed by atoms with Gasteiger partial charge in [0.25, 0.3) is 0 Å². The Morgan fingerprint density at radius 1 is 1.45 bits per heavy atom. The summed E-state index contributed by atoms with van der Waals surface area (Å²) < 4.78 is 1.73. The van der Waals surface area contributed by atoms with E-state index in [0.29, 0.717) is 22.8 Å². The molecule has 0 bridgehead atoms. The standard InChI is InChI=1S/C16H14ClN3O2/c1-10-14(7-13(8-18)16(21)22)11(2)20(19-10)9-12-5-3-4-6-15(12)17/h3-7H,9H2,1-2H3,(H,21,22)/p-1/b13-7+. The van der Waals surface area contributed by atoms with E-state index < -0.39 is 11.5 Å². The van der Waals surface area contributed by atoms with Crippen molar-refractivity contribution < 1.29 is 9.90 Å². The van der Waals surface area contributed by atoms with Crippen LogP contribution < -0.4 is 5.11 Å². The van der Waals surface area contributed by atoms with Crippen molar-refractivity contribution in [1.82, 2.24) is 9.78 Å². The Morgan fingerprint density at radius 2 is 2.14 bits per heavy atom. The van der Waals surface area contributed by atoms with Crippen molar-refractivity contribution in [2.24, 2.45) is 0 Å². The third-order valence-electron chi connectivity index (χ3n) is 3.34. The Morgan fingerprint density at radius 3 is 2.73 bits per heavy atom. The summed E-state index contributed by atoms with van der Waals surface area (Å²) in [6.07, 6.45) is 1.29. The molecule has 0 saturated heterocycles. The van der Waals surface area contributed by atoms with Gasteiger partial charge in [-0.05, 0) is 31.6 Å². The van der Waals surface area contributed by atoms with E-state index in [1.54, 1.807) is 23.7 Å². The molecule has 1 aromatic carbocycles. The van der Waals surface area contributed by atoms with Gasteiger partial charge in [-0.25, -0.2) is 0 Å². The van der Waals surface area contributed by atoms with Crippen LogP contribution in [0, 0.1) is 25.2 Å². The summed E-state index contributed by atoms with van der Waals surface area (Å²) in [5.74, 6) is -1.50. The first-order chi connectivity index (χ1) is 10.4. The van der Waals surface area contributed by atoms with Gasteiger partial charge in [-0.15, -0.1) is 0 Å². The van der Waals surface area contributed by atoms with Crippen LogP contribution >= 0.6 is 11.6 Å². The lowest BCUT2D eigenvalue weighted by molar-refractivity contribution is -0.298. The van der Waals surface area contributed by atoms with Gasteiger partial charge < -0.3 is 9.90 Å². The number of nitriles is 1. The van der Waals surface area contributed by atoms with Crippen molar-refractivity contribution in [1.29, 1.82) is 5.26 Å². The number of aromatic nitrogens is 2. The van der Waals surface area contributed by atoms with Crippen LogP contribution in [0.2, 0.25) is 5.02 Å². The first kappa shape index (κ1) is 15.8. The minimum absolute atomic E-state index is 0.427. The molecule has 0 saturated carbocycles. The first-order valence-electron chi connectivity index (χ1n) is 6.54. The molecule has 0 atom stereocenters. The van der Waals surface area contributed by atoms with Crippen LogP contribution in [0.15, 0.2) is 29.8 Å². The van der Waals surface area contributed by atoms with Crippen molar-refractivity contribution in [2.45, 2.75) is 20.4 Å². The van der Waals surface area contributed by atoms with Crippen molar-refractivity contribution in [3.63, 3.8) is 0 Å². The largest absolute Gasteiger partial charge is 0.544 e. The van der Waals surface area contributed by atoms with Gasteiger partial charge in [-0.2, -0.15) is 10.4 Å². The number of carbonyl (C=O) groups is 1. The Kier molecular flexibility index (Phi) is 4.64. The quantitative estimate of drug-likeness (QED) is 0.637. The molecule has 0 unspecified atom stereocenters. The van der Waals surface area contributed by atoms with Gasteiger partial charge in [0.05, 0.1) is 23.8 Å². The topological polar surface area (TPSA) is 81.7 Å². The maximum Gasteiger partial charge on any atom is 0.101 e. The van der Waals surface area contributed by atoms with E-state index in [1.807, 2.05) is 25.1 Å². The van der Waals surface area contributed by atoms with E-state index in [9.17, 15) is 9.90 Å². The highest BCUT2D eigenvalue weighted by Crippen LogP contribution is 2.21. The minimum atomic E-state index is -1.50. The Balaban J connectivity index is 2.42. The summed E-state index contributed by atoms with van der Waals surface area (Å²) in [5, 5.41) is 24.7. The number of benzene rings is 1. The predicted molar refractivity (Wildman–Crippen MR) is 80.9 cm³/mol. The molecular formula is C16H13ClN3O2-. The van der Waals surface area contributed by atoms with E-state index in [2.05, 4.69) is 5.10 Å². The van der Waals surface area contributed by atoms with Gasteiger partial charge in [0.15, 0.2) is 0 Å². The fourth-order valence-electron chi connectivity index (χ4n) is 2.14. The van der Waals surface area contributed by atoms with Crippen LogP contribution in [0.1, 0.15) is 22.5 Å². The zero-order valence-corrected chi connectivity index (χ0v) is 12.9. The zero-order valence-electron chi connectivity index (χ0n) is 12.1. The number of carbonyl (C=O) groups excluding carboxylic acids is 1. The van der Waals surface area contributed by atoms with Crippen molar-refractivity contribution in [3.05, 3.63) is 57.4 Å². The predicted octanol–water partition coefficient (Wildman–Crippen LogP) is 1.86. The highest BCUT2D eigenvalue weighted by molar-refractivity contribution is 6.31. The molecule has 2 aromatic rings. The molecule has 5 nitrogen and oxygen atoms in total. The second-order valence-corrected chi connectivity index (χ2v) is 5.20. The van der Waals surface area contributed by atoms with Gasteiger partial charge in [0.2, 0.25) is 0 Å². The molecule has 0 radical (unpaired) electrons. The number of hydrogen-bond acceptors (Lipinski definition) is 4. The molecule has 2 rings (SSSR count). The molecule has 6 heteroatoms. The number of rotatable bonds is 4. The lowest BCUT2D eigenvalue weighted by atomic mass is 10.1. The lowest BCUT2D eigenvalue weighted by Gasteiger charge is -2.07. The number of carboxylic acids is 1. The van der Waals surface area contributed by atoms with Crippen LogP contribution in [0.4, 0.5) is 0 Å². The third kappa shape index (κ3) is 3.18. The van der Waals surface area contributed by atoms with E-state index in [4.69, 9.17) is 16.9 Å².